The maximum absolute atomic E-state index is 12.1. The Morgan fingerprint density at radius 3 is 2.61 bits per heavy atom. The van der Waals surface area contributed by atoms with Crippen molar-refractivity contribution >= 4 is 29.1 Å². The molecule has 1 aliphatic heterocycles. The number of hydrogen-bond donors (Lipinski definition) is 1. The van der Waals surface area contributed by atoms with Crippen LogP contribution in [0.2, 0.25) is 5.15 Å². The van der Waals surface area contributed by atoms with Crippen molar-refractivity contribution in [2.24, 2.45) is 0 Å². The lowest BCUT2D eigenvalue weighted by molar-refractivity contribution is -0.117. The molecule has 0 radical (unpaired) electrons. The molecule has 0 saturated carbocycles. The zero-order valence-electron chi connectivity index (χ0n) is 12.5. The van der Waals surface area contributed by atoms with Crippen LogP contribution >= 0.6 is 11.6 Å². The monoisotopic (exact) mass is 329 g/mol. The highest BCUT2D eigenvalue weighted by Gasteiger charge is 2.21. The molecule has 23 heavy (non-hydrogen) atoms. The van der Waals surface area contributed by atoms with Crippen LogP contribution in [0.3, 0.4) is 0 Å². The number of benzene rings is 1. The molecule has 3 rings (SSSR count). The van der Waals surface area contributed by atoms with Crippen molar-refractivity contribution < 1.29 is 9.59 Å². The maximum Gasteiger partial charge on any atom is 0.251 e. The van der Waals surface area contributed by atoms with Crippen LogP contribution in [0, 0.1) is 0 Å². The van der Waals surface area contributed by atoms with Gasteiger partial charge in [-0.2, -0.15) is 0 Å². The van der Waals surface area contributed by atoms with Crippen molar-refractivity contribution in [2.45, 2.75) is 19.4 Å². The van der Waals surface area contributed by atoms with E-state index in [9.17, 15) is 9.59 Å². The van der Waals surface area contributed by atoms with Gasteiger partial charge in [0.05, 0.1) is 0 Å². The third-order valence-corrected chi connectivity index (χ3v) is 3.98. The van der Waals surface area contributed by atoms with Gasteiger partial charge in [-0.3, -0.25) is 9.59 Å². The first-order valence-corrected chi connectivity index (χ1v) is 7.80. The first-order chi connectivity index (χ1) is 11.1. The Morgan fingerprint density at radius 2 is 2.00 bits per heavy atom. The van der Waals surface area contributed by atoms with E-state index in [0.717, 1.165) is 24.2 Å². The third-order valence-electron chi connectivity index (χ3n) is 3.76. The van der Waals surface area contributed by atoms with E-state index >= 15 is 0 Å². The number of nitrogens with one attached hydrogen (secondary N) is 1. The molecule has 5 nitrogen and oxygen atoms in total. The minimum atomic E-state index is -0.167. The van der Waals surface area contributed by atoms with Crippen molar-refractivity contribution in [1.29, 1.82) is 0 Å². The Morgan fingerprint density at radius 1 is 1.22 bits per heavy atom. The van der Waals surface area contributed by atoms with Gasteiger partial charge >= 0.3 is 0 Å². The smallest absolute Gasteiger partial charge is 0.251 e. The van der Waals surface area contributed by atoms with E-state index in [-0.39, 0.29) is 11.8 Å². The van der Waals surface area contributed by atoms with E-state index < -0.39 is 0 Å². The number of carbonyl (C=O) groups is 2. The predicted molar refractivity (Wildman–Crippen MR) is 88.4 cm³/mol. The molecule has 0 aliphatic carbocycles. The molecule has 2 aromatic rings. The van der Waals surface area contributed by atoms with Gasteiger partial charge in [-0.15, -0.1) is 0 Å². The van der Waals surface area contributed by atoms with E-state index in [0.29, 0.717) is 23.7 Å². The minimum Gasteiger partial charge on any atom is -0.348 e. The Labute approximate surface area is 139 Å². The lowest BCUT2D eigenvalue weighted by atomic mass is 10.1. The standard InChI is InChI=1S/C17H16ClN3O2/c18-15-8-3-12(10-19-15)11-20-17(23)13-4-6-14(7-5-13)21-9-1-2-16(21)22/h3-8,10H,1-2,9,11H2,(H,20,23). The highest BCUT2D eigenvalue weighted by Crippen LogP contribution is 2.21. The molecule has 6 heteroatoms. The summed E-state index contributed by atoms with van der Waals surface area (Å²) in [5.41, 5.74) is 2.27. The van der Waals surface area contributed by atoms with E-state index in [2.05, 4.69) is 10.3 Å². The summed E-state index contributed by atoms with van der Waals surface area (Å²) in [7, 11) is 0. The van der Waals surface area contributed by atoms with E-state index in [1.165, 1.54) is 0 Å². The van der Waals surface area contributed by atoms with Gasteiger partial charge in [-0.05, 0) is 42.3 Å². The largest absolute Gasteiger partial charge is 0.348 e. The predicted octanol–water partition coefficient (Wildman–Crippen LogP) is 2.79. The number of amides is 2. The van der Waals surface area contributed by atoms with Crippen LogP contribution in [0.4, 0.5) is 5.69 Å². The van der Waals surface area contributed by atoms with Gasteiger partial charge in [0.1, 0.15) is 5.15 Å². The summed E-state index contributed by atoms with van der Waals surface area (Å²) >= 11 is 5.72. The summed E-state index contributed by atoms with van der Waals surface area (Å²) in [5, 5.41) is 3.25. The van der Waals surface area contributed by atoms with Gasteiger partial charge in [0.2, 0.25) is 5.91 Å². The first kappa shape index (κ1) is 15.5. The van der Waals surface area contributed by atoms with Gasteiger partial charge in [0.15, 0.2) is 0 Å². The SMILES string of the molecule is O=C(NCc1ccc(Cl)nc1)c1ccc(N2CCCC2=O)cc1. The van der Waals surface area contributed by atoms with E-state index in [4.69, 9.17) is 11.6 Å². The van der Waals surface area contributed by atoms with Crippen molar-refractivity contribution in [1.82, 2.24) is 10.3 Å². The number of aromatic nitrogens is 1. The number of hydrogen-bond acceptors (Lipinski definition) is 3. The fourth-order valence-electron chi connectivity index (χ4n) is 2.51. The maximum atomic E-state index is 12.1. The second-order valence-corrected chi connectivity index (χ2v) is 5.75. The average molecular weight is 330 g/mol. The van der Waals surface area contributed by atoms with E-state index in [1.54, 1.807) is 29.3 Å². The number of nitrogens with zero attached hydrogens (tertiary/aromatic N) is 2. The summed E-state index contributed by atoms with van der Waals surface area (Å²) in [5.74, 6) is -0.0308. The average Bonchev–Trinajstić information content (AvgIpc) is 3.00. The van der Waals surface area contributed by atoms with Crippen LogP contribution in [0.5, 0.6) is 0 Å². The summed E-state index contributed by atoms with van der Waals surface area (Å²) in [6, 6.07) is 10.6. The van der Waals surface area contributed by atoms with Gasteiger partial charge < -0.3 is 10.2 Å². The molecule has 0 bridgehead atoms. The van der Waals surface area contributed by atoms with Gasteiger partial charge in [0.25, 0.3) is 5.91 Å². The minimum absolute atomic E-state index is 0.137. The Bertz CT molecular complexity index is 714. The lowest BCUT2D eigenvalue weighted by Gasteiger charge is -2.15. The molecule has 2 amide bonds. The fraction of sp³-hybridized carbons (Fsp3) is 0.235. The molecule has 118 valence electrons. The highest BCUT2D eigenvalue weighted by atomic mass is 35.5. The normalized spacial score (nSPS) is 14.1. The Balaban J connectivity index is 1.61. The zero-order chi connectivity index (χ0) is 16.2. The Hall–Kier alpha value is -2.40. The molecule has 1 aliphatic rings. The van der Waals surface area contributed by atoms with Crippen LogP contribution in [-0.4, -0.2) is 23.3 Å². The summed E-state index contributed by atoms with van der Waals surface area (Å²) in [6.45, 7) is 1.13. The van der Waals surface area contributed by atoms with Crippen LogP contribution in [0.1, 0.15) is 28.8 Å². The molecule has 1 fully saturated rings. The number of rotatable bonds is 4. The molecule has 1 aromatic carbocycles. The van der Waals surface area contributed by atoms with Crippen molar-refractivity contribution in [3.63, 3.8) is 0 Å². The lowest BCUT2D eigenvalue weighted by Crippen LogP contribution is -2.25. The molecular formula is C17H16ClN3O2. The molecular weight excluding hydrogens is 314 g/mol. The van der Waals surface area contributed by atoms with Gasteiger partial charge in [0, 0.05) is 37.0 Å². The molecule has 1 N–H and O–H groups in total. The topological polar surface area (TPSA) is 62.3 Å². The summed E-state index contributed by atoms with van der Waals surface area (Å²) in [6.07, 6.45) is 3.11. The zero-order valence-corrected chi connectivity index (χ0v) is 13.2. The Kier molecular flexibility index (Phi) is 4.57. The van der Waals surface area contributed by atoms with Crippen LogP contribution < -0.4 is 10.2 Å². The second-order valence-electron chi connectivity index (χ2n) is 5.37. The first-order valence-electron chi connectivity index (χ1n) is 7.42. The molecule has 2 heterocycles. The molecule has 0 atom stereocenters. The van der Waals surface area contributed by atoms with Crippen LogP contribution in [0.15, 0.2) is 42.6 Å². The molecule has 0 spiro atoms. The van der Waals surface area contributed by atoms with Gasteiger partial charge in [-0.1, -0.05) is 17.7 Å². The molecule has 1 aromatic heterocycles. The fourth-order valence-corrected chi connectivity index (χ4v) is 2.62. The van der Waals surface area contributed by atoms with Crippen molar-refractivity contribution in [3.05, 3.63) is 58.9 Å². The van der Waals surface area contributed by atoms with Crippen LogP contribution in [-0.2, 0) is 11.3 Å². The molecule has 1 saturated heterocycles. The summed E-state index contributed by atoms with van der Waals surface area (Å²) in [4.78, 5) is 29.6. The third kappa shape index (κ3) is 3.68. The van der Waals surface area contributed by atoms with Gasteiger partial charge in [-0.25, -0.2) is 4.98 Å². The number of carbonyl (C=O) groups excluding carboxylic acids is 2. The summed E-state index contributed by atoms with van der Waals surface area (Å²) < 4.78 is 0. The number of pyridine rings is 1. The highest BCUT2D eigenvalue weighted by molar-refractivity contribution is 6.29. The second kappa shape index (κ2) is 6.79. The van der Waals surface area contributed by atoms with Crippen molar-refractivity contribution in [3.8, 4) is 0 Å². The van der Waals surface area contributed by atoms with E-state index in [1.807, 2.05) is 18.2 Å². The van der Waals surface area contributed by atoms with Crippen molar-refractivity contribution in [2.75, 3.05) is 11.4 Å². The number of halogens is 1. The number of anilines is 1. The quantitative estimate of drug-likeness (QED) is 0.877. The van der Waals surface area contributed by atoms with Crippen LogP contribution in [0.25, 0.3) is 0 Å². The molecule has 0 unspecified atom stereocenters.